The minimum atomic E-state index is -0.844. The van der Waals surface area contributed by atoms with Crippen LogP contribution in [0.1, 0.15) is 12.5 Å². The van der Waals surface area contributed by atoms with Crippen molar-refractivity contribution in [2.45, 2.75) is 25.5 Å². The first-order chi connectivity index (χ1) is 8.06. The number of carboxylic acids is 1. The van der Waals surface area contributed by atoms with Crippen molar-refractivity contribution in [3.63, 3.8) is 0 Å². The number of carbonyl (C=O) groups is 1. The smallest absolute Gasteiger partial charge is 0.320 e. The molecule has 1 heterocycles. The van der Waals surface area contributed by atoms with Crippen molar-refractivity contribution in [1.82, 2.24) is 5.32 Å². The molecule has 0 amide bonds. The average Bonchev–Trinajstić information content (AvgIpc) is 2.67. The van der Waals surface area contributed by atoms with Gasteiger partial charge in [-0.2, -0.15) is 0 Å². The number of nitrogens with one attached hydrogen (secondary N) is 1. The summed E-state index contributed by atoms with van der Waals surface area (Å²) in [6, 6.07) is 5.36. The summed E-state index contributed by atoms with van der Waals surface area (Å²) in [6.45, 7) is 2.17. The van der Waals surface area contributed by atoms with E-state index in [9.17, 15) is 4.79 Å². The van der Waals surface area contributed by atoms with Crippen LogP contribution in [0.25, 0.3) is 0 Å². The van der Waals surface area contributed by atoms with Crippen molar-refractivity contribution in [2.24, 2.45) is 0 Å². The summed E-state index contributed by atoms with van der Waals surface area (Å²) >= 11 is 3.42. The lowest BCUT2D eigenvalue weighted by Gasteiger charge is -2.14. The topological polar surface area (TPSA) is 58.6 Å². The van der Waals surface area contributed by atoms with Crippen LogP contribution in [0.3, 0.4) is 0 Å². The molecule has 1 aliphatic rings. The summed E-state index contributed by atoms with van der Waals surface area (Å²) in [5, 5.41) is 11.7. The van der Waals surface area contributed by atoms with Crippen LogP contribution in [0.2, 0.25) is 0 Å². The molecule has 0 fully saturated rings. The Bertz CT molecular complexity index is 436. The molecular weight excluding hydrogens is 286 g/mol. The molecule has 1 aromatic carbocycles. The zero-order chi connectivity index (χ0) is 12.4. The molecule has 0 radical (unpaired) electrons. The van der Waals surface area contributed by atoms with Crippen molar-refractivity contribution < 1.29 is 14.6 Å². The molecule has 2 unspecified atom stereocenters. The first-order valence-corrected chi connectivity index (χ1v) is 6.27. The fourth-order valence-electron chi connectivity index (χ4n) is 1.80. The van der Waals surface area contributed by atoms with E-state index in [1.807, 2.05) is 18.2 Å². The Kier molecular flexibility index (Phi) is 3.69. The highest BCUT2D eigenvalue weighted by molar-refractivity contribution is 9.10. The van der Waals surface area contributed by atoms with Crippen molar-refractivity contribution in [1.29, 1.82) is 0 Å². The predicted octanol–water partition coefficient (Wildman–Crippen LogP) is 1.82. The molecule has 2 N–H and O–H groups in total. The molecule has 1 aliphatic heterocycles. The van der Waals surface area contributed by atoms with Crippen molar-refractivity contribution in [2.75, 3.05) is 6.54 Å². The zero-order valence-corrected chi connectivity index (χ0v) is 11.0. The van der Waals surface area contributed by atoms with Gasteiger partial charge in [-0.05, 0) is 30.7 Å². The highest BCUT2D eigenvalue weighted by Crippen LogP contribution is 2.30. The molecule has 5 heteroatoms. The van der Waals surface area contributed by atoms with Gasteiger partial charge in [-0.15, -0.1) is 0 Å². The minimum Gasteiger partial charge on any atom is -0.488 e. The molecule has 17 heavy (non-hydrogen) atoms. The second-order valence-electron chi connectivity index (χ2n) is 4.16. The Morgan fingerprint density at radius 1 is 1.71 bits per heavy atom. The fraction of sp³-hybridized carbons (Fsp3) is 0.417. The minimum absolute atomic E-state index is 0.0149. The summed E-state index contributed by atoms with van der Waals surface area (Å²) in [7, 11) is 0. The van der Waals surface area contributed by atoms with E-state index >= 15 is 0 Å². The molecule has 0 aromatic heterocycles. The highest BCUT2D eigenvalue weighted by atomic mass is 79.9. The van der Waals surface area contributed by atoms with Crippen molar-refractivity contribution in [3.8, 4) is 5.75 Å². The number of halogens is 1. The van der Waals surface area contributed by atoms with Gasteiger partial charge in [0.05, 0.1) is 0 Å². The molecule has 0 spiro atoms. The Labute approximate surface area is 108 Å². The van der Waals surface area contributed by atoms with Gasteiger partial charge >= 0.3 is 5.97 Å². The third-order valence-electron chi connectivity index (χ3n) is 2.79. The number of rotatable bonds is 4. The number of fused-ring (bicyclic) bond motifs is 1. The lowest BCUT2D eigenvalue weighted by atomic mass is 10.1. The van der Waals surface area contributed by atoms with Crippen LogP contribution in [0.5, 0.6) is 5.75 Å². The molecule has 2 rings (SSSR count). The summed E-state index contributed by atoms with van der Waals surface area (Å²) in [6.07, 6.45) is 0.829. The van der Waals surface area contributed by atoms with E-state index in [2.05, 4.69) is 21.2 Å². The molecule has 4 nitrogen and oxygen atoms in total. The summed E-state index contributed by atoms with van der Waals surface area (Å²) < 4.78 is 6.75. The maximum Gasteiger partial charge on any atom is 0.320 e. The van der Waals surface area contributed by atoms with E-state index in [0.29, 0.717) is 6.54 Å². The van der Waals surface area contributed by atoms with Gasteiger partial charge in [0, 0.05) is 17.4 Å². The van der Waals surface area contributed by atoms with Gasteiger partial charge < -0.3 is 15.2 Å². The fourth-order valence-corrected chi connectivity index (χ4v) is 2.21. The van der Waals surface area contributed by atoms with Crippen molar-refractivity contribution in [3.05, 3.63) is 28.2 Å². The van der Waals surface area contributed by atoms with Gasteiger partial charge in [-0.3, -0.25) is 4.79 Å². The maximum atomic E-state index is 10.7. The second-order valence-corrected chi connectivity index (χ2v) is 5.08. The first kappa shape index (κ1) is 12.4. The number of benzene rings is 1. The van der Waals surface area contributed by atoms with Crippen LogP contribution in [-0.4, -0.2) is 29.8 Å². The van der Waals surface area contributed by atoms with E-state index < -0.39 is 12.0 Å². The third-order valence-corrected chi connectivity index (χ3v) is 3.28. The first-order valence-electron chi connectivity index (χ1n) is 5.47. The van der Waals surface area contributed by atoms with Crippen LogP contribution >= 0.6 is 15.9 Å². The lowest BCUT2D eigenvalue weighted by molar-refractivity contribution is -0.139. The van der Waals surface area contributed by atoms with E-state index in [4.69, 9.17) is 9.84 Å². The van der Waals surface area contributed by atoms with Gasteiger partial charge in [0.15, 0.2) is 0 Å². The van der Waals surface area contributed by atoms with E-state index in [-0.39, 0.29) is 6.10 Å². The second kappa shape index (κ2) is 5.06. The predicted molar refractivity (Wildman–Crippen MR) is 67.4 cm³/mol. The number of aliphatic carboxylic acids is 1. The van der Waals surface area contributed by atoms with Crippen LogP contribution in [0, 0.1) is 0 Å². The zero-order valence-electron chi connectivity index (χ0n) is 9.44. The normalized spacial score (nSPS) is 19.5. The summed E-state index contributed by atoms with van der Waals surface area (Å²) in [4.78, 5) is 10.7. The van der Waals surface area contributed by atoms with Gasteiger partial charge in [0.1, 0.15) is 17.9 Å². The number of hydrogen-bond acceptors (Lipinski definition) is 3. The van der Waals surface area contributed by atoms with Crippen LogP contribution in [0.4, 0.5) is 0 Å². The van der Waals surface area contributed by atoms with Crippen LogP contribution in [-0.2, 0) is 11.2 Å². The lowest BCUT2D eigenvalue weighted by Crippen LogP contribution is -2.40. The van der Waals surface area contributed by atoms with Crippen LogP contribution < -0.4 is 10.1 Å². The number of carboxylic acid groups (broad SMARTS) is 1. The quantitative estimate of drug-likeness (QED) is 0.890. The average molecular weight is 300 g/mol. The Hall–Kier alpha value is -1.07. The SMILES string of the molecule is CC(NCC1Cc2cc(Br)ccc2O1)C(=O)O. The molecule has 0 saturated carbocycles. The maximum absolute atomic E-state index is 10.7. The largest absolute Gasteiger partial charge is 0.488 e. The molecule has 0 saturated heterocycles. The van der Waals surface area contributed by atoms with E-state index in [1.165, 1.54) is 0 Å². The van der Waals surface area contributed by atoms with Crippen LogP contribution in [0.15, 0.2) is 22.7 Å². The number of ether oxygens (including phenoxy) is 1. The highest BCUT2D eigenvalue weighted by Gasteiger charge is 2.23. The Balaban J connectivity index is 1.90. The summed E-state index contributed by atoms with van der Waals surface area (Å²) in [5.41, 5.74) is 1.16. The monoisotopic (exact) mass is 299 g/mol. The van der Waals surface area contributed by atoms with Gasteiger partial charge in [0.2, 0.25) is 0 Å². The van der Waals surface area contributed by atoms with Gasteiger partial charge in [-0.1, -0.05) is 15.9 Å². The molecule has 0 bridgehead atoms. The molecule has 92 valence electrons. The molecule has 2 atom stereocenters. The van der Waals surface area contributed by atoms with E-state index in [1.54, 1.807) is 6.92 Å². The van der Waals surface area contributed by atoms with Gasteiger partial charge in [-0.25, -0.2) is 0 Å². The Morgan fingerprint density at radius 3 is 3.18 bits per heavy atom. The standard InChI is InChI=1S/C12H14BrNO3/c1-7(12(15)16)14-6-10-5-8-4-9(13)2-3-11(8)17-10/h2-4,7,10,14H,5-6H2,1H3,(H,15,16). The molecule has 1 aromatic rings. The van der Waals surface area contributed by atoms with E-state index in [0.717, 1.165) is 22.2 Å². The summed E-state index contributed by atoms with van der Waals surface area (Å²) in [5.74, 6) is 0.0474. The third kappa shape index (κ3) is 2.98. The molecular formula is C12H14BrNO3. The Morgan fingerprint density at radius 2 is 2.47 bits per heavy atom. The van der Waals surface area contributed by atoms with Gasteiger partial charge in [0.25, 0.3) is 0 Å². The number of hydrogen-bond donors (Lipinski definition) is 2. The molecule has 0 aliphatic carbocycles. The van der Waals surface area contributed by atoms with Crippen molar-refractivity contribution >= 4 is 21.9 Å².